The summed E-state index contributed by atoms with van der Waals surface area (Å²) in [7, 11) is 1.61. The average molecular weight is 433 g/mol. The SMILES string of the molecule is COc1ccc(C(C(=O)NC2CCCC2)N(CCC2=CCCCC2)C(=O)CCl)cc1. The van der Waals surface area contributed by atoms with Gasteiger partial charge in [0.15, 0.2) is 0 Å². The van der Waals surface area contributed by atoms with Crippen molar-refractivity contribution in [2.45, 2.75) is 69.9 Å². The summed E-state index contributed by atoms with van der Waals surface area (Å²) in [5.41, 5.74) is 2.15. The monoisotopic (exact) mass is 432 g/mol. The van der Waals surface area contributed by atoms with Crippen molar-refractivity contribution in [3.8, 4) is 5.75 Å². The van der Waals surface area contributed by atoms with Crippen LogP contribution in [0.25, 0.3) is 0 Å². The molecule has 2 amide bonds. The molecule has 1 fully saturated rings. The first-order valence-electron chi connectivity index (χ1n) is 11.1. The lowest BCUT2D eigenvalue weighted by atomic mass is 9.96. The van der Waals surface area contributed by atoms with Gasteiger partial charge in [0.2, 0.25) is 11.8 Å². The van der Waals surface area contributed by atoms with Gasteiger partial charge in [-0.15, -0.1) is 11.6 Å². The summed E-state index contributed by atoms with van der Waals surface area (Å²) in [5.74, 6) is 0.248. The number of carbonyl (C=O) groups is 2. The van der Waals surface area contributed by atoms with Crippen LogP contribution >= 0.6 is 11.6 Å². The Morgan fingerprint density at radius 1 is 1.17 bits per heavy atom. The van der Waals surface area contributed by atoms with E-state index in [9.17, 15) is 9.59 Å². The van der Waals surface area contributed by atoms with Gasteiger partial charge in [-0.05, 0) is 62.6 Å². The number of amides is 2. The van der Waals surface area contributed by atoms with Crippen LogP contribution in [0.4, 0.5) is 0 Å². The first-order chi connectivity index (χ1) is 14.6. The molecule has 1 unspecified atom stereocenters. The minimum absolute atomic E-state index is 0.122. The standard InChI is InChI=1S/C24H33ClN2O3/c1-30-21-13-11-19(12-14-21)23(24(29)26-20-9-5-6-10-20)27(22(28)17-25)16-15-18-7-3-2-4-8-18/h7,11-14,20,23H,2-6,8-10,15-17H2,1H3,(H,26,29). The van der Waals surface area contributed by atoms with Crippen molar-refractivity contribution in [2.24, 2.45) is 0 Å². The molecule has 0 saturated heterocycles. The molecule has 0 bridgehead atoms. The molecule has 6 heteroatoms. The third-order valence-corrected chi connectivity index (χ3v) is 6.42. The Bertz CT molecular complexity index is 741. The number of allylic oxidation sites excluding steroid dienone is 1. The van der Waals surface area contributed by atoms with Crippen LogP contribution in [-0.2, 0) is 9.59 Å². The molecule has 0 heterocycles. The molecule has 5 nitrogen and oxygen atoms in total. The lowest BCUT2D eigenvalue weighted by Crippen LogP contribution is -2.47. The summed E-state index contributed by atoms with van der Waals surface area (Å²) in [6, 6.07) is 6.90. The molecule has 0 aliphatic heterocycles. The van der Waals surface area contributed by atoms with Crippen LogP contribution in [0.1, 0.15) is 69.4 Å². The Hall–Kier alpha value is -2.01. The van der Waals surface area contributed by atoms with Crippen molar-refractivity contribution in [3.63, 3.8) is 0 Å². The lowest BCUT2D eigenvalue weighted by Gasteiger charge is -2.32. The second-order valence-corrected chi connectivity index (χ2v) is 8.51. The number of nitrogens with one attached hydrogen (secondary N) is 1. The number of ether oxygens (including phenoxy) is 1. The first-order valence-corrected chi connectivity index (χ1v) is 11.6. The second-order valence-electron chi connectivity index (χ2n) is 8.24. The Morgan fingerprint density at radius 2 is 1.90 bits per heavy atom. The summed E-state index contributed by atoms with van der Waals surface area (Å²) < 4.78 is 5.26. The Labute approximate surface area is 184 Å². The molecule has 1 atom stereocenters. The molecule has 0 spiro atoms. The van der Waals surface area contributed by atoms with E-state index in [1.807, 2.05) is 24.3 Å². The molecule has 1 aromatic carbocycles. The number of methoxy groups -OCH3 is 1. The number of halogens is 1. The maximum absolute atomic E-state index is 13.4. The number of carbonyl (C=O) groups excluding carboxylic acids is 2. The third kappa shape index (κ3) is 6.00. The second kappa shape index (κ2) is 11.4. The van der Waals surface area contributed by atoms with Gasteiger partial charge in [0, 0.05) is 12.6 Å². The van der Waals surface area contributed by atoms with Gasteiger partial charge in [0.05, 0.1) is 7.11 Å². The summed E-state index contributed by atoms with van der Waals surface area (Å²) in [6.45, 7) is 0.492. The van der Waals surface area contributed by atoms with E-state index in [0.29, 0.717) is 6.54 Å². The normalized spacial score (nSPS) is 17.9. The summed E-state index contributed by atoms with van der Waals surface area (Å²) in [4.78, 5) is 27.9. The average Bonchev–Trinajstić information content (AvgIpc) is 3.30. The van der Waals surface area contributed by atoms with E-state index in [2.05, 4.69) is 11.4 Å². The minimum atomic E-state index is -0.688. The minimum Gasteiger partial charge on any atom is -0.497 e. The number of hydrogen-bond acceptors (Lipinski definition) is 3. The predicted octanol–water partition coefficient (Wildman–Crippen LogP) is 4.75. The van der Waals surface area contributed by atoms with Crippen molar-refractivity contribution in [3.05, 3.63) is 41.5 Å². The number of alkyl halides is 1. The van der Waals surface area contributed by atoms with E-state index in [0.717, 1.165) is 56.3 Å². The molecule has 164 valence electrons. The summed E-state index contributed by atoms with van der Waals surface area (Å²) in [6.07, 6.45) is 11.9. The molecule has 1 saturated carbocycles. The van der Waals surface area contributed by atoms with Crippen LogP contribution in [-0.4, -0.2) is 42.3 Å². The Balaban J connectivity index is 1.84. The summed E-state index contributed by atoms with van der Waals surface area (Å²) >= 11 is 5.96. The zero-order valence-corrected chi connectivity index (χ0v) is 18.6. The molecule has 2 aliphatic rings. The van der Waals surface area contributed by atoms with Gasteiger partial charge in [0.1, 0.15) is 17.7 Å². The van der Waals surface area contributed by atoms with Crippen LogP contribution in [0.3, 0.4) is 0 Å². The van der Waals surface area contributed by atoms with Crippen molar-refractivity contribution in [1.29, 1.82) is 0 Å². The van der Waals surface area contributed by atoms with Gasteiger partial charge in [-0.2, -0.15) is 0 Å². The zero-order valence-electron chi connectivity index (χ0n) is 17.9. The highest BCUT2D eigenvalue weighted by molar-refractivity contribution is 6.27. The maximum atomic E-state index is 13.4. The molecular weight excluding hydrogens is 400 g/mol. The van der Waals surface area contributed by atoms with E-state index in [-0.39, 0.29) is 23.7 Å². The predicted molar refractivity (Wildman–Crippen MR) is 120 cm³/mol. The largest absolute Gasteiger partial charge is 0.497 e. The Morgan fingerprint density at radius 3 is 2.50 bits per heavy atom. The van der Waals surface area contributed by atoms with E-state index in [1.54, 1.807) is 12.0 Å². The fourth-order valence-electron chi connectivity index (χ4n) is 4.48. The fraction of sp³-hybridized carbons (Fsp3) is 0.583. The molecule has 1 aromatic rings. The van der Waals surface area contributed by atoms with Gasteiger partial charge >= 0.3 is 0 Å². The first kappa shape index (κ1) is 22.7. The quantitative estimate of drug-likeness (QED) is 0.452. The van der Waals surface area contributed by atoms with Crippen LogP contribution in [0.15, 0.2) is 35.9 Å². The van der Waals surface area contributed by atoms with Gasteiger partial charge in [-0.3, -0.25) is 9.59 Å². The number of benzene rings is 1. The van der Waals surface area contributed by atoms with E-state index in [1.165, 1.54) is 18.4 Å². The molecule has 1 N–H and O–H groups in total. The number of nitrogens with zero attached hydrogens (tertiary/aromatic N) is 1. The van der Waals surface area contributed by atoms with E-state index < -0.39 is 6.04 Å². The molecule has 2 aliphatic carbocycles. The van der Waals surface area contributed by atoms with Crippen molar-refractivity contribution in [1.82, 2.24) is 10.2 Å². The molecular formula is C24H33ClN2O3. The van der Waals surface area contributed by atoms with E-state index in [4.69, 9.17) is 16.3 Å². The molecule has 0 aromatic heterocycles. The highest BCUT2D eigenvalue weighted by Crippen LogP contribution is 2.28. The van der Waals surface area contributed by atoms with Gasteiger partial charge < -0.3 is 15.0 Å². The zero-order chi connectivity index (χ0) is 21.3. The number of hydrogen-bond donors (Lipinski definition) is 1. The van der Waals surface area contributed by atoms with Crippen LogP contribution < -0.4 is 10.1 Å². The molecule has 0 radical (unpaired) electrons. The van der Waals surface area contributed by atoms with Gasteiger partial charge in [-0.1, -0.05) is 36.6 Å². The highest BCUT2D eigenvalue weighted by atomic mass is 35.5. The summed E-state index contributed by atoms with van der Waals surface area (Å²) in [5, 5.41) is 3.18. The highest BCUT2D eigenvalue weighted by Gasteiger charge is 2.32. The topological polar surface area (TPSA) is 58.6 Å². The fourth-order valence-corrected chi connectivity index (χ4v) is 4.63. The smallest absolute Gasteiger partial charge is 0.247 e. The lowest BCUT2D eigenvalue weighted by molar-refractivity contribution is -0.139. The third-order valence-electron chi connectivity index (χ3n) is 6.19. The van der Waals surface area contributed by atoms with Crippen LogP contribution in [0.2, 0.25) is 0 Å². The van der Waals surface area contributed by atoms with Crippen molar-refractivity contribution in [2.75, 3.05) is 19.5 Å². The molecule has 3 rings (SSSR count). The van der Waals surface area contributed by atoms with Gasteiger partial charge in [0.25, 0.3) is 0 Å². The Kier molecular flexibility index (Phi) is 8.61. The number of rotatable bonds is 9. The maximum Gasteiger partial charge on any atom is 0.247 e. The van der Waals surface area contributed by atoms with Crippen molar-refractivity contribution >= 4 is 23.4 Å². The van der Waals surface area contributed by atoms with Crippen LogP contribution in [0.5, 0.6) is 5.75 Å². The van der Waals surface area contributed by atoms with Crippen LogP contribution in [0, 0.1) is 0 Å². The molecule has 30 heavy (non-hydrogen) atoms. The van der Waals surface area contributed by atoms with E-state index >= 15 is 0 Å². The van der Waals surface area contributed by atoms with Crippen molar-refractivity contribution < 1.29 is 14.3 Å². The van der Waals surface area contributed by atoms with Gasteiger partial charge in [-0.25, -0.2) is 0 Å².